The monoisotopic (exact) mass is 326 g/mol. The molecule has 0 aliphatic carbocycles. The Labute approximate surface area is 134 Å². The average Bonchev–Trinajstić information content (AvgIpc) is 2.46. The summed E-state index contributed by atoms with van der Waals surface area (Å²) in [7, 11) is 0. The summed E-state index contributed by atoms with van der Waals surface area (Å²) in [5.74, 6) is -1.67. The molecule has 0 radical (unpaired) electrons. The summed E-state index contributed by atoms with van der Waals surface area (Å²) in [6.45, 7) is 4.48. The molecule has 7 heteroatoms. The van der Waals surface area contributed by atoms with Crippen LogP contribution in [0.15, 0.2) is 24.3 Å². The van der Waals surface area contributed by atoms with E-state index < -0.39 is 42.3 Å². The fourth-order valence-electron chi connectivity index (χ4n) is 2.05. The van der Waals surface area contributed by atoms with E-state index in [1.807, 2.05) is 0 Å². The van der Waals surface area contributed by atoms with Crippen LogP contribution >= 0.6 is 0 Å². The Morgan fingerprint density at radius 3 is 2.65 bits per heavy atom. The lowest BCUT2D eigenvalue weighted by atomic mass is 10.0. The highest BCUT2D eigenvalue weighted by Gasteiger charge is 2.27. The van der Waals surface area contributed by atoms with Crippen molar-refractivity contribution in [1.29, 1.82) is 0 Å². The van der Waals surface area contributed by atoms with Crippen LogP contribution in [-0.2, 0) is 28.6 Å². The molecule has 0 saturated carbocycles. The number of aliphatic hydroxyl groups excluding tert-OH is 1. The average molecular weight is 326 g/mol. The predicted octanol–water partition coefficient (Wildman–Crippen LogP) is 1.05. The van der Waals surface area contributed by atoms with Crippen LogP contribution in [-0.4, -0.2) is 47.4 Å². The SMILES string of the molecule is C/C=C/C(=O)O[C@H]1/C=C/[C@H](O)[C@@H](OC(C)=O)CCC(=O)O[C@@H]1C. The molecule has 1 rings (SSSR count). The van der Waals surface area contributed by atoms with Gasteiger partial charge in [-0.05, 0) is 26.3 Å². The van der Waals surface area contributed by atoms with E-state index in [0.717, 1.165) is 0 Å². The van der Waals surface area contributed by atoms with Gasteiger partial charge in [-0.2, -0.15) is 0 Å². The van der Waals surface area contributed by atoms with E-state index in [0.29, 0.717) is 0 Å². The maximum Gasteiger partial charge on any atom is 0.331 e. The van der Waals surface area contributed by atoms with E-state index in [9.17, 15) is 19.5 Å². The van der Waals surface area contributed by atoms with Gasteiger partial charge in [-0.15, -0.1) is 0 Å². The minimum atomic E-state index is -1.11. The third-order valence-electron chi connectivity index (χ3n) is 3.16. The minimum absolute atomic E-state index is 0.0251. The number of carbonyl (C=O) groups excluding carboxylic acids is 3. The Morgan fingerprint density at radius 2 is 2.04 bits per heavy atom. The summed E-state index contributed by atoms with van der Waals surface area (Å²) in [5, 5.41) is 10.1. The van der Waals surface area contributed by atoms with Crippen molar-refractivity contribution < 1.29 is 33.7 Å². The zero-order chi connectivity index (χ0) is 17.4. The third kappa shape index (κ3) is 6.65. The van der Waals surface area contributed by atoms with Gasteiger partial charge in [-0.25, -0.2) is 4.79 Å². The van der Waals surface area contributed by atoms with Crippen LogP contribution in [0.3, 0.4) is 0 Å². The molecule has 23 heavy (non-hydrogen) atoms. The maximum atomic E-state index is 11.8. The molecule has 1 aliphatic rings. The number of hydrogen-bond acceptors (Lipinski definition) is 7. The molecule has 0 aromatic rings. The molecule has 128 valence electrons. The van der Waals surface area contributed by atoms with Crippen LogP contribution in [0.5, 0.6) is 0 Å². The number of aliphatic hydroxyl groups is 1. The predicted molar refractivity (Wildman–Crippen MR) is 80.2 cm³/mol. The smallest absolute Gasteiger partial charge is 0.331 e. The van der Waals surface area contributed by atoms with E-state index in [1.54, 1.807) is 13.8 Å². The second-order valence-electron chi connectivity index (χ2n) is 5.16. The summed E-state index contributed by atoms with van der Waals surface area (Å²) in [5.41, 5.74) is 0. The van der Waals surface area contributed by atoms with Crippen LogP contribution in [0.1, 0.15) is 33.6 Å². The number of allylic oxidation sites excluding steroid dienone is 1. The molecule has 0 bridgehead atoms. The number of ether oxygens (including phenoxy) is 3. The van der Waals surface area contributed by atoms with Crippen LogP contribution in [0.25, 0.3) is 0 Å². The van der Waals surface area contributed by atoms with E-state index in [-0.39, 0.29) is 12.8 Å². The lowest BCUT2D eigenvalue weighted by Gasteiger charge is -2.25. The summed E-state index contributed by atoms with van der Waals surface area (Å²) >= 11 is 0. The van der Waals surface area contributed by atoms with E-state index >= 15 is 0 Å². The lowest BCUT2D eigenvalue weighted by molar-refractivity contribution is -0.163. The first-order chi connectivity index (χ1) is 10.8. The van der Waals surface area contributed by atoms with Crippen LogP contribution < -0.4 is 0 Å². The fraction of sp³-hybridized carbons (Fsp3) is 0.562. The topological polar surface area (TPSA) is 99.1 Å². The van der Waals surface area contributed by atoms with Crippen molar-refractivity contribution in [2.24, 2.45) is 0 Å². The number of hydrogen-bond donors (Lipinski definition) is 1. The molecule has 0 amide bonds. The first kappa shape index (κ1) is 18.9. The molecule has 0 spiro atoms. The molecule has 0 aromatic heterocycles. The Hall–Kier alpha value is -2.15. The molecule has 0 aromatic carbocycles. The Bertz CT molecular complexity index is 495. The van der Waals surface area contributed by atoms with Crippen molar-refractivity contribution >= 4 is 17.9 Å². The standard InChI is InChI=1S/C16H22O7/c1-4-5-15(19)23-13-7-6-12(18)14(22-11(3)17)8-9-16(20)21-10(13)2/h4-7,10,12-14,18H,8-9H2,1-3H3/b5-4+,7-6+/t10-,12+,13+,14+/m1/s1. The van der Waals surface area contributed by atoms with Gasteiger partial charge >= 0.3 is 17.9 Å². The molecule has 1 aliphatic heterocycles. The summed E-state index contributed by atoms with van der Waals surface area (Å²) in [6, 6.07) is 0. The molecule has 7 nitrogen and oxygen atoms in total. The van der Waals surface area contributed by atoms with Crippen LogP contribution in [0.2, 0.25) is 0 Å². The minimum Gasteiger partial charge on any atom is -0.459 e. The molecule has 1 heterocycles. The first-order valence-corrected chi connectivity index (χ1v) is 7.40. The molecule has 0 fully saturated rings. The fourth-order valence-corrected chi connectivity index (χ4v) is 2.05. The highest BCUT2D eigenvalue weighted by Crippen LogP contribution is 2.16. The van der Waals surface area contributed by atoms with Gasteiger partial charge in [0.05, 0.1) is 0 Å². The molecular formula is C16H22O7. The molecule has 0 saturated heterocycles. The van der Waals surface area contributed by atoms with Gasteiger partial charge in [0, 0.05) is 19.4 Å². The van der Waals surface area contributed by atoms with Gasteiger partial charge < -0.3 is 19.3 Å². The molecule has 4 atom stereocenters. The van der Waals surface area contributed by atoms with Crippen LogP contribution in [0.4, 0.5) is 0 Å². The first-order valence-electron chi connectivity index (χ1n) is 7.40. The highest BCUT2D eigenvalue weighted by atomic mass is 16.6. The van der Waals surface area contributed by atoms with E-state index in [2.05, 4.69) is 0 Å². The van der Waals surface area contributed by atoms with Gasteiger partial charge in [0.1, 0.15) is 18.3 Å². The van der Waals surface area contributed by atoms with Crippen molar-refractivity contribution in [2.75, 3.05) is 0 Å². The zero-order valence-electron chi connectivity index (χ0n) is 13.4. The molecular weight excluding hydrogens is 304 g/mol. The Morgan fingerprint density at radius 1 is 1.35 bits per heavy atom. The number of cyclic esters (lactones) is 1. The highest BCUT2D eigenvalue weighted by molar-refractivity contribution is 5.82. The largest absolute Gasteiger partial charge is 0.459 e. The summed E-state index contributed by atoms with van der Waals surface area (Å²) in [6.07, 6.45) is 2.13. The van der Waals surface area contributed by atoms with Gasteiger partial charge in [0.25, 0.3) is 0 Å². The number of carbonyl (C=O) groups is 3. The lowest BCUT2D eigenvalue weighted by Crippen LogP contribution is -2.35. The number of rotatable bonds is 3. The van der Waals surface area contributed by atoms with Crippen molar-refractivity contribution in [2.45, 2.75) is 58.0 Å². The van der Waals surface area contributed by atoms with Gasteiger partial charge in [0.2, 0.25) is 0 Å². The molecule has 1 N–H and O–H groups in total. The van der Waals surface area contributed by atoms with E-state index in [4.69, 9.17) is 14.2 Å². The maximum absolute atomic E-state index is 11.8. The van der Waals surface area contributed by atoms with E-state index in [1.165, 1.54) is 31.2 Å². The van der Waals surface area contributed by atoms with Crippen molar-refractivity contribution in [3.05, 3.63) is 24.3 Å². The van der Waals surface area contributed by atoms with Gasteiger partial charge in [-0.1, -0.05) is 12.2 Å². The number of esters is 3. The molecule has 0 unspecified atom stereocenters. The summed E-state index contributed by atoms with van der Waals surface area (Å²) in [4.78, 5) is 34.4. The third-order valence-corrected chi connectivity index (χ3v) is 3.16. The zero-order valence-corrected chi connectivity index (χ0v) is 13.4. The van der Waals surface area contributed by atoms with Gasteiger partial charge in [0.15, 0.2) is 6.10 Å². The van der Waals surface area contributed by atoms with Crippen LogP contribution in [0, 0.1) is 0 Å². The normalized spacial score (nSPS) is 30.3. The van der Waals surface area contributed by atoms with Crippen molar-refractivity contribution in [1.82, 2.24) is 0 Å². The second kappa shape index (κ2) is 9.09. The van der Waals surface area contributed by atoms with Crippen molar-refractivity contribution in [3.8, 4) is 0 Å². The van der Waals surface area contributed by atoms with Gasteiger partial charge in [-0.3, -0.25) is 9.59 Å². The summed E-state index contributed by atoms with van der Waals surface area (Å²) < 4.78 is 15.4. The second-order valence-corrected chi connectivity index (χ2v) is 5.16. The van der Waals surface area contributed by atoms with Crippen molar-refractivity contribution in [3.63, 3.8) is 0 Å². The quantitative estimate of drug-likeness (QED) is 0.358. The Balaban J connectivity index is 2.93. The Kier molecular flexibility index (Phi) is 7.47.